The van der Waals surface area contributed by atoms with Gasteiger partial charge in [-0.05, 0) is 61.7 Å². The van der Waals surface area contributed by atoms with Crippen LogP contribution in [0, 0.1) is 5.82 Å². The molecular formula is C19H20BrFN2O2S2. The highest BCUT2D eigenvalue weighted by Gasteiger charge is 2.25. The molecule has 3 rings (SSSR count). The molecule has 0 amide bonds. The van der Waals surface area contributed by atoms with Crippen molar-refractivity contribution < 1.29 is 13.9 Å². The molecule has 1 heterocycles. The van der Waals surface area contributed by atoms with Crippen molar-refractivity contribution in [2.45, 2.75) is 38.5 Å². The second kappa shape index (κ2) is 9.12. The molecule has 4 nitrogen and oxygen atoms in total. The van der Waals surface area contributed by atoms with Gasteiger partial charge in [0.15, 0.2) is 5.11 Å². The lowest BCUT2D eigenvalue weighted by Gasteiger charge is -2.12. The van der Waals surface area contributed by atoms with Crippen LogP contribution in [0.4, 0.5) is 15.1 Å². The van der Waals surface area contributed by atoms with E-state index in [1.54, 1.807) is 12.1 Å². The van der Waals surface area contributed by atoms with Gasteiger partial charge in [-0.1, -0.05) is 28.8 Å². The van der Waals surface area contributed by atoms with E-state index in [0.717, 1.165) is 31.2 Å². The van der Waals surface area contributed by atoms with Crippen molar-refractivity contribution >= 4 is 61.3 Å². The van der Waals surface area contributed by atoms with Crippen molar-refractivity contribution in [1.29, 1.82) is 0 Å². The Hall–Kier alpha value is -1.51. The molecule has 0 spiro atoms. The summed E-state index contributed by atoms with van der Waals surface area (Å²) >= 11 is 10.1. The van der Waals surface area contributed by atoms with E-state index in [2.05, 4.69) is 26.6 Å². The standard InChI is InChI=1S/C19H20BrFN2O2S2/c1-25-18(24)16-12-6-4-2-3-5-7-15(12)27-17(16)23-19(26)22-14-9-8-11(20)10-13(14)21/h8-10H,2-7H2,1H3,(H2,22,23,26). The monoisotopic (exact) mass is 470 g/mol. The molecular weight excluding hydrogens is 451 g/mol. The Morgan fingerprint density at radius 1 is 1.22 bits per heavy atom. The van der Waals surface area contributed by atoms with E-state index in [-0.39, 0.29) is 16.8 Å². The van der Waals surface area contributed by atoms with E-state index >= 15 is 0 Å². The number of hydrogen-bond acceptors (Lipinski definition) is 4. The number of fused-ring (bicyclic) bond motifs is 1. The number of anilines is 2. The normalized spacial score (nSPS) is 13.9. The topological polar surface area (TPSA) is 50.4 Å². The van der Waals surface area contributed by atoms with Crippen LogP contribution in [0.3, 0.4) is 0 Å². The minimum absolute atomic E-state index is 0.232. The molecule has 0 bridgehead atoms. The maximum atomic E-state index is 14.0. The van der Waals surface area contributed by atoms with E-state index in [1.165, 1.54) is 42.2 Å². The highest BCUT2D eigenvalue weighted by molar-refractivity contribution is 9.10. The second-order valence-electron chi connectivity index (χ2n) is 6.32. The maximum absolute atomic E-state index is 14.0. The Kier molecular flexibility index (Phi) is 6.83. The van der Waals surface area contributed by atoms with Gasteiger partial charge < -0.3 is 15.4 Å². The number of benzene rings is 1. The maximum Gasteiger partial charge on any atom is 0.341 e. The fourth-order valence-electron chi connectivity index (χ4n) is 3.17. The molecule has 1 aliphatic rings. The summed E-state index contributed by atoms with van der Waals surface area (Å²) in [5.41, 5.74) is 1.89. The second-order valence-corrected chi connectivity index (χ2v) is 8.75. The predicted molar refractivity (Wildman–Crippen MR) is 115 cm³/mol. The SMILES string of the molecule is COC(=O)c1c(NC(=S)Nc2ccc(Br)cc2F)sc2c1CCCCCC2. The molecule has 0 saturated carbocycles. The fraction of sp³-hybridized carbons (Fsp3) is 0.368. The minimum atomic E-state index is -0.417. The van der Waals surface area contributed by atoms with Gasteiger partial charge in [-0.15, -0.1) is 11.3 Å². The lowest BCUT2D eigenvalue weighted by Crippen LogP contribution is -2.21. The van der Waals surface area contributed by atoms with E-state index < -0.39 is 5.82 Å². The van der Waals surface area contributed by atoms with Crippen molar-refractivity contribution in [3.63, 3.8) is 0 Å². The summed E-state index contributed by atoms with van der Waals surface area (Å²) in [6.45, 7) is 0. The largest absolute Gasteiger partial charge is 0.465 e. The van der Waals surface area contributed by atoms with Gasteiger partial charge in [-0.25, -0.2) is 9.18 Å². The molecule has 0 fully saturated rings. The van der Waals surface area contributed by atoms with Crippen LogP contribution in [0.15, 0.2) is 22.7 Å². The van der Waals surface area contributed by atoms with Gasteiger partial charge in [0, 0.05) is 9.35 Å². The predicted octanol–water partition coefficient (Wildman–Crippen LogP) is 5.90. The van der Waals surface area contributed by atoms with Gasteiger partial charge in [0.05, 0.1) is 18.4 Å². The first-order chi connectivity index (χ1) is 13.0. The third kappa shape index (κ3) is 4.86. The summed E-state index contributed by atoms with van der Waals surface area (Å²) in [6, 6.07) is 4.69. The van der Waals surface area contributed by atoms with Gasteiger partial charge in [0.25, 0.3) is 0 Å². The number of carbonyl (C=O) groups is 1. The zero-order valence-electron chi connectivity index (χ0n) is 14.9. The van der Waals surface area contributed by atoms with Crippen LogP contribution in [-0.4, -0.2) is 18.2 Å². The van der Waals surface area contributed by atoms with E-state index in [1.807, 2.05) is 0 Å². The van der Waals surface area contributed by atoms with Gasteiger partial charge in [-0.2, -0.15) is 0 Å². The highest BCUT2D eigenvalue weighted by Crippen LogP contribution is 2.37. The molecule has 8 heteroatoms. The van der Waals surface area contributed by atoms with Gasteiger partial charge in [0.1, 0.15) is 10.8 Å². The molecule has 0 atom stereocenters. The Morgan fingerprint density at radius 3 is 2.67 bits per heavy atom. The molecule has 0 unspecified atom stereocenters. The Balaban J connectivity index is 1.85. The average molecular weight is 471 g/mol. The zero-order valence-corrected chi connectivity index (χ0v) is 18.1. The Bertz CT molecular complexity index is 870. The number of ether oxygens (including phenoxy) is 1. The number of rotatable bonds is 3. The zero-order chi connectivity index (χ0) is 19.4. The first-order valence-electron chi connectivity index (χ1n) is 8.75. The molecule has 2 aromatic rings. The van der Waals surface area contributed by atoms with Crippen LogP contribution in [0.5, 0.6) is 0 Å². The van der Waals surface area contributed by atoms with Crippen LogP contribution in [0.2, 0.25) is 0 Å². The smallest absolute Gasteiger partial charge is 0.341 e. The number of nitrogens with one attached hydrogen (secondary N) is 2. The van der Waals surface area contributed by atoms with Gasteiger partial charge in [0.2, 0.25) is 0 Å². The number of esters is 1. The molecule has 0 radical (unpaired) electrons. The van der Waals surface area contributed by atoms with Gasteiger partial charge in [-0.3, -0.25) is 0 Å². The van der Waals surface area contributed by atoms with Crippen LogP contribution in [-0.2, 0) is 17.6 Å². The van der Waals surface area contributed by atoms with E-state index in [0.29, 0.717) is 15.0 Å². The summed E-state index contributed by atoms with van der Waals surface area (Å²) in [7, 11) is 1.38. The van der Waals surface area contributed by atoms with Gasteiger partial charge >= 0.3 is 5.97 Å². The molecule has 1 aromatic heterocycles. The third-order valence-electron chi connectivity index (χ3n) is 4.47. The highest BCUT2D eigenvalue weighted by atomic mass is 79.9. The Morgan fingerprint density at radius 2 is 1.96 bits per heavy atom. The average Bonchev–Trinajstić information content (AvgIpc) is 2.93. The summed E-state index contributed by atoms with van der Waals surface area (Å²) in [4.78, 5) is 13.6. The van der Waals surface area contributed by atoms with Crippen molar-refractivity contribution in [2.24, 2.45) is 0 Å². The molecule has 1 aliphatic carbocycles. The quantitative estimate of drug-likeness (QED) is 0.431. The lowest BCUT2D eigenvalue weighted by molar-refractivity contribution is 0.0601. The number of methoxy groups -OCH3 is 1. The molecule has 0 aliphatic heterocycles. The molecule has 2 N–H and O–H groups in total. The molecule has 144 valence electrons. The van der Waals surface area contributed by atoms with Crippen molar-refractivity contribution in [3.05, 3.63) is 44.5 Å². The van der Waals surface area contributed by atoms with E-state index in [4.69, 9.17) is 17.0 Å². The number of thiocarbonyl (C=S) groups is 1. The summed E-state index contributed by atoms with van der Waals surface area (Å²) < 4.78 is 19.7. The van der Waals surface area contributed by atoms with Crippen molar-refractivity contribution in [2.75, 3.05) is 17.7 Å². The first-order valence-corrected chi connectivity index (χ1v) is 10.8. The first kappa shape index (κ1) is 20.2. The lowest BCUT2D eigenvalue weighted by atomic mass is 9.96. The fourth-order valence-corrected chi connectivity index (χ4v) is 5.06. The van der Waals surface area contributed by atoms with Crippen LogP contribution in [0.1, 0.15) is 46.5 Å². The Labute approximate surface area is 175 Å². The molecule has 27 heavy (non-hydrogen) atoms. The van der Waals surface area contributed by atoms with Crippen LogP contribution < -0.4 is 10.6 Å². The van der Waals surface area contributed by atoms with Crippen molar-refractivity contribution in [1.82, 2.24) is 0 Å². The number of halogens is 2. The van der Waals surface area contributed by atoms with E-state index in [9.17, 15) is 9.18 Å². The summed E-state index contributed by atoms with van der Waals surface area (Å²) in [5, 5.41) is 6.82. The number of hydrogen-bond donors (Lipinski definition) is 2. The van der Waals surface area contributed by atoms with Crippen LogP contribution >= 0.6 is 39.5 Å². The summed E-state index contributed by atoms with van der Waals surface area (Å²) in [6.07, 6.45) is 6.35. The van der Waals surface area contributed by atoms with Crippen molar-refractivity contribution in [3.8, 4) is 0 Å². The number of aryl methyl sites for hydroxylation is 1. The molecule has 0 saturated heterocycles. The van der Waals surface area contributed by atoms with Crippen LogP contribution in [0.25, 0.3) is 0 Å². The number of thiophene rings is 1. The minimum Gasteiger partial charge on any atom is -0.465 e. The number of carbonyl (C=O) groups excluding carboxylic acids is 1. The summed E-state index contributed by atoms with van der Waals surface area (Å²) in [5.74, 6) is -0.784. The third-order valence-corrected chi connectivity index (χ3v) is 6.37. The molecule has 1 aromatic carbocycles.